The summed E-state index contributed by atoms with van der Waals surface area (Å²) in [5.74, 6) is 0. The fraction of sp³-hybridized carbons (Fsp3) is 0.294. The Morgan fingerprint density at radius 2 is 2.00 bits per heavy atom. The lowest BCUT2D eigenvalue weighted by molar-refractivity contribution is 0.568. The molecule has 3 rings (SSSR count). The van der Waals surface area contributed by atoms with E-state index in [2.05, 4.69) is 71.6 Å². The van der Waals surface area contributed by atoms with Crippen LogP contribution in [-0.2, 0) is 13.1 Å². The molecule has 3 heteroatoms. The summed E-state index contributed by atoms with van der Waals surface area (Å²) in [6.45, 7) is 6.25. The molecule has 104 valence electrons. The highest BCUT2D eigenvalue weighted by Crippen LogP contribution is 2.22. The van der Waals surface area contributed by atoms with Crippen molar-refractivity contribution in [3.05, 3.63) is 58.4 Å². The Hall–Kier alpha value is -1.58. The predicted molar refractivity (Wildman–Crippen MR) is 87.3 cm³/mol. The molecule has 20 heavy (non-hydrogen) atoms. The van der Waals surface area contributed by atoms with Crippen LogP contribution in [0, 0.1) is 0 Å². The van der Waals surface area contributed by atoms with Gasteiger partial charge in [-0.2, -0.15) is 0 Å². The van der Waals surface area contributed by atoms with Gasteiger partial charge < -0.3 is 9.88 Å². The van der Waals surface area contributed by atoms with Gasteiger partial charge in [-0.15, -0.1) is 11.3 Å². The van der Waals surface area contributed by atoms with Crippen LogP contribution in [-0.4, -0.2) is 10.6 Å². The Bertz CT molecular complexity index is 680. The zero-order chi connectivity index (χ0) is 13.9. The van der Waals surface area contributed by atoms with E-state index in [4.69, 9.17) is 0 Å². The first-order valence-electron chi connectivity index (χ1n) is 7.07. The van der Waals surface area contributed by atoms with Gasteiger partial charge in [-0.25, -0.2) is 0 Å². The maximum absolute atomic E-state index is 3.53. The number of hydrogen-bond acceptors (Lipinski definition) is 2. The summed E-state index contributed by atoms with van der Waals surface area (Å²) in [5, 5.41) is 6.99. The Kier molecular flexibility index (Phi) is 3.90. The quantitative estimate of drug-likeness (QED) is 0.741. The van der Waals surface area contributed by atoms with Crippen molar-refractivity contribution in [2.24, 2.45) is 0 Å². The highest BCUT2D eigenvalue weighted by atomic mass is 32.1. The molecule has 1 N–H and O–H groups in total. The van der Waals surface area contributed by atoms with Crippen LogP contribution in [0.3, 0.4) is 0 Å². The maximum Gasteiger partial charge on any atom is 0.0572 e. The molecular weight excluding hydrogens is 264 g/mol. The number of para-hydroxylation sites is 1. The predicted octanol–water partition coefficient (Wildman–Crippen LogP) is 4.25. The van der Waals surface area contributed by atoms with Gasteiger partial charge in [-0.3, -0.25) is 0 Å². The molecule has 0 unspecified atom stereocenters. The number of rotatable bonds is 5. The van der Waals surface area contributed by atoms with Crippen molar-refractivity contribution in [2.45, 2.75) is 33.0 Å². The second-order valence-corrected chi connectivity index (χ2v) is 6.43. The summed E-state index contributed by atoms with van der Waals surface area (Å²) >= 11 is 1.82. The first-order valence-corrected chi connectivity index (χ1v) is 7.95. The first kappa shape index (κ1) is 13.4. The van der Waals surface area contributed by atoms with E-state index in [-0.39, 0.29) is 0 Å². The van der Waals surface area contributed by atoms with Crippen LogP contribution in [0.5, 0.6) is 0 Å². The SMILES string of the molecule is CC(C)NCc1cc2ccccc2n1Cc1cccs1. The van der Waals surface area contributed by atoms with Crippen LogP contribution in [0.4, 0.5) is 0 Å². The highest BCUT2D eigenvalue weighted by Gasteiger charge is 2.09. The van der Waals surface area contributed by atoms with Crippen molar-refractivity contribution in [3.8, 4) is 0 Å². The van der Waals surface area contributed by atoms with E-state index in [9.17, 15) is 0 Å². The van der Waals surface area contributed by atoms with Crippen LogP contribution in [0.15, 0.2) is 47.8 Å². The molecule has 0 aliphatic rings. The summed E-state index contributed by atoms with van der Waals surface area (Å²) in [7, 11) is 0. The van der Waals surface area contributed by atoms with Crippen molar-refractivity contribution in [1.29, 1.82) is 0 Å². The fourth-order valence-corrected chi connectivity index (χ4v) is 3.16. The lowest BCUT2D eigenvalue weighted by Crippen LogP contribution is -2.23. The van der Waals surface area contributed by atoms with Crippen molar-refractivity contribution < 1.29 is 0 Å². The maximum atomic E-state index is 3.53. The van der Waals surface area contributed by atoms with Gasteiger partial charge in [-0.05, 0) is 29.0 Å². The third kappa shape index (κ3) is 2.79. The minimum atomic E-state index is 0.503. The van der Waals surface area contributed by atoms with E-state index in [1.54, 1.807) is 0 Å². The molecule has 0 atom stereocenters. The van der Waals surface area contributed by atoms with E-state index in [1.807, 2.05) is 11.3 Å². The average Bonchev–Trinajstić information content (AvgIpc) is 3.05. The van der Waals surface area contributed by atoms with Crippen LogP contribution in [0.2, 0.25) is 0 Å². The van der Waals surface area contributed by atoms with Crippen LogP contribution in [0.1, 0.15) is 24.4 Å². The second kappa shape index (κ2) is 5.81. The van der Waals surface area contributed by atoms with Crippen molar-refractivity contribution in [2.75, 3.05) is 0 Å². The van der Waals surface area contributed by atoms with Gasteiger partial charge in [0, 0.05) is 28.7 Å². The zero-order valence-corrected chi connectivity index (χ0v) is 12.8. The molecule has 2 heterocycles. The number of hydrogen-bond donors (Lipinski definition) is 1. The summed E-state index contributed by atoms with van der Waals surface area (Å²) in [6, 6.07) is 15.8. The van der Waals surface area contributed by atoms with E-state index in [0.29, 0.717) is 6.04 Å². The van der Waals surface area contributed by atoms with Crippen molar-refractivity contribution in [3.63, 3.8) is 0 Å². The molecule has 0 spiro atoms. The normalized spacial score (nSPS) is 11.6. The molecular formula is C17H20N2S. The van der Waals surface area contributed by atoms with E-state index < -0.39 is 0 Å². The van der Waals surface area contributed by atoms with Crippen molar-refractivity contribution in [1.82, 2.24) is 9.88 Å². The van der Waals surface area contributed by atoms with Crippen LogP contribution in [0.25, 0.3) is 10.9 Å². The molecule has 2 nitrogen and oxygen atoms in total. The van der Waals surface area contributed by atoms with E-state index in [0.717, 1.165) is 13.1 Å². The lowest BCUT2D eigenvalue weighted by atomic mass is 10.2. The van der Waals surface area contributed by atoms with Crippen molar-refractivity contribution >= 4 is 22.2 Å². The molecule has 0 bridgehead atoms. The summed E-state index contributed by atoms with van der Waals surface area (Å²) < 4.78 is 2.43. The zero-order valence-electron chi connectivity index (χ0n) is 12.0. The molecule has 0 aliphatic heterocycles. The number of aromatic nitrogens is 1. The summed E-state index contributed by atoms with van der Waals surface area (Å²) in [4.78, 5) is 1.40. The minimum absolute atomic E-state index is 0.503. The molecule has 0 radical (unpaired) electrons. The third-order valence-corrected chi connectivity index (χ3v) is 4.34. The number of nitrogens with zero attached hydrogens (tertiary/aromatic N) is 1. The largest absolute Gasteiger partial charge is 0.338 e. The van der Waals surface area contributed by atoms with Gasteiger partial charge >= 0.3 is 0 Å². The Morgan fingerprint density at radius 1 is 1.15 bits per heavy atom. The molecule has 3 aromatic rings. The van der Waals surface area contributed by atoms with Gasteiger partial charge in [0.25, 0.3) is 0 Å². The number of thiophene rings is 1. The first-order chi connectivity index (χ1) is 9.74. The highest BCUT2D eigenvalue weighted by molar-refractivity contribution is 7.09. The Balaban J connectivity index is 1.99. The molecule has 0 aliphatic carbocycles. The molecule has 0 saturated carbocycles. The molecule has 0 fully saturated rings. The van der Waals surface area contributed by atoms with Gasteiger partial charge in [0.15, 0.2) is 0 Å². The Morgan fingerprint density at radius 3 is 2.75 bits per heavy atom. The van der Waals surface area contributed by atoms with Crippen LogP contribution >= 0.6 is 11.3 Å². The van der Waals surface area contributed by atoms with Crippen LogP contribution < -0.4 is 5.32 Å². The molecule has 2 aromatic heterocycles. The molecule has 0 saturated heterocycles. The van der Waals surface area contributed by atoms with Gasteiger partial charge in [0.2, 0.25) is 0 Å². The van der Waals surface area contributed by atoms with E-state index in [1.165, 1.54) is 21.5 Å². The third-order valence-electron chi connectivity index (χ3n) is 3.48. The van der Waals surface area contributed by atoms with E-state index >= 15 is 0 Å². The van der Waals surface area contributed by atoms with Gasteiger partial charge in [-0.1, -0.05) is 38.1 Å². The van der Waals surface area contributed by atoms with Gasteiger partial charge in [0.05, 0.1) is 6.54 Å². The number of benzene rings is 1. The van der Waals surface area contributed by atoms with Gasteiger partial charge in [0.1, 0.15) is 0 Å². The second-order valence-electron chi connectivity index (χ2n) is 5.40. The summed E-state index contributed by atoms with van der Waals surface area (Å²) in [6.07, 6.45) is 0. The molecule has 0 amide bonds. The average molecular weight is 284 g/mol. The monoisotopic (exact) mass is 284 g/mol. The minimum Gasteiger partial charge on any atom is -0.338 e. The number of nitrogens with one attached hydrogen (secondary N) is 1. The number of fused-ring (bicyclic) bond motifs is 1. The Labute approximate surface area is 124 Å². The topological polar surface area (TPSA) is 17.0 Å². The summed E-state index contributed by atoms with van der Waals surface area (Å²) in [5.41, 5.74) is 2.68. The smallest absolute Gasteiger partial charge is 0.0572 e. The standard InChI is InChI=1S/C17H20N2S/c1-13(2)18-11-15-10-14-6-3-4-8-17(14)19(15)12-16-7-5-9-20-16/h3-10,13,18H,11-12H2,1-2H3. The molecule has 1 aromatic carbocycles. The fourth-order valence-electron chi connectivity index (χ4n) is 2.47. The lowest BCUT2D eigenvalue weighted by Gasteiger charge is -2.12.